The maximum atomic E-state index is 12.2. The summed E-state index contributed by atoms with van der Waals surface area (Å²) >= 11 is 12.1. The highest BCUT2D eigenvalue weighted by Gasteiger charge is 2.75. The van der Waals surface area contributed by atoms with Crippen molar-refractivity contribution < 1.29 is 10.2 Å². The van der Waals surface area contributed by atoms with Gasteiger partial charge in [0.2, 0.25) is 11.4 Å². The molecule has 2 N–H and O–H groups in total. The van der Waals surface area contributed by atoms with Crippen LogP contribution in [0, 0.1) is 0 Å². The third kappa shape index (κ3) is 1.83. The lowest BCUT2D eigenvalue weighted by molar-refractivity contribution is -0.0845. The summed E-state index contributed by atoms with van der Waals surface area (Å²) in [6, 6.07) is 21.9. The van der Waals surface area contributed by atoms with Crippen molar-refractivity contribution in [1.29, 1.82) is 0 Å². The molecular weight excluding hydrogens is 406 g/mol. The second-order valence-corrected chi connectivity index (χ2v) is 8.07. The Morgan fingerprint density at radius 1 is 0.862 bits per heavy atom. The highest BCUT2D eigenvalue weighted by Crippen LogP contribution is 2.59. The number of anilines is 2. The van der Waals surface area contributed by atoms with Crippen LogP contribution in [0.2, 0.25) is 5.02 Å². The molecule has 142 valence electrons. The van der Waals surface area contributed by atoms with Crippen LogP contribution in [-0.2, 0) is 5.72 Å². The van der Waals surface area contributed by atoms with Crippen LogP contribution in [0.1, 0.15) is 11.1 Å². The van der Waals surface area contributed by atoms with E-state index in [-0.39, 0.29) is 5.11 Å². The van der Waals surface area contributed by atoms with E-state index in [9.17, 15) is 10.2 Å². The van der Waals surface area contributed by atoms with Crippen LogP contribution in [-0.4, -0.2) is 26.8 Å². The minimum atomic E-state index is -1.89. The molecule has 0 amide bonds. The normalized spacial score (nSPS) is 26.2. The summed E-state index contributed by atoms with van der Waals surface area (Å²) in [5, 5.41) is 25.0. The lowest BCUT2D eigenvalue weighted by Crippen LogP contribution is -2.61. The number of para-hydroxylation sites is 1. The predicted molar refractivity (Wildman–Crippen MR) is 117 cm³/mol. The van der Waals surface area contributed by atoms with Crippen molar-refractivity contribution in [3.63, 3.8) is 0 Å². The third-order valence-corrected chi connectivity index (χ3v) is 6.43. The highest BCUT2D eigenvalue weighted by atomic mass is 35.5. The van der Waals surface area contributed by atoms with E-state index in [0.29, 0.717) is 38.9 Å². The molecule has 3 aliphatic rings. The third-order valence-electron chi connectivity index (χ3n) is 5.83. The zero-order valence-electron chi connectivity index (χ0n) is 15.0. The lowest BCUT2D eigenvalue weighted by Gasteiger charge is -2.40. The smallest absolute Gasteiger partial charge is 0.243 e. The topological polar surface area (TPSA) is 59.3 Å². The van der Waals surface area contributed by atoms with Gasteiger partial charge in [0.05, 0.1) is 11.4 Å². The summed E-state index contributed by atoms with van der Waals surface area (Å²) in [6.07, 6.45) is 0. The fourth-order valence-electron chi connectivity index (χ4n) is 4.63. The standard InChI is InChI=1S/C22H14ClN3O2S/c23-13-10-11-17-18(12-13)26-20(29)25(14-6-2-1-3-7-14)21(27)16-9-5-4-8-15(16)19(24-17)22(21,26)28/h1-12,27-28H/t21-,22+/m1/s1. The fraction of sp³-hybridized carbons (Fsp3) is 0.0909. The van der Waals surface area contributed by atoms with Crippen molar-refractivity contribution in [1.82, 2.24) is 0 Å². The molecule has 0 saturated carbocycles. The largest absolute Gasteiger partial charge is 0.362 e. The summed E-state index contributed by atoms with van der Waals surface area (Å²) in [4.78, 5) is 7.90. The van der Waals surface area contributed by atoms with Crippen LogP contribution in [0.15, 0.2) is 77.8 Å². The second-order valence-electron chi connectivity index (χ2n) is 7.27. The van der Waals surface area contributed by atoms with Crippen LogP contribution in [0.4, 0.5) is 17.1 Å². The Morgan fingerprint density at radius 2 is 1.59 bits per heavy atom. The zero-order valence-corrected chi connectivity index (χ0v) is 16.5. The van der Waals surface area contributed by atoms with Gasteiger partial charge in [-0.05, 0) is 42.5 Å². The Bertz CT molecular complexity index is 1250. The molecule has 0 bridgehead atoms. The average molecular weight is 420 g/mol. The molecule has 1 fully saturated rings. The first kappa shape index (κ1) is 17.1. The Hall–Kier alpha value is -2.77. The number of halogens is 1. The van der Waals surface area contributed by atoms with Crippen LogP contribution in [0.5, 0.6) is 0 Å². The van der Waals surface area contributed by atoms with Crippen LogP contribution >= 0.6 is 23.8 Å². The first-order chi connectivity index (χ1) is 14.0. The summed E-state index contributed by atoms with van der Waals surface area (Å²) in [5.41, 5.74) is -0.278. The maximum absolute atomic E-state index is 12.2. The Labute approximate surface area is 177 Å². The lowest BCUT2D eigenvalue weighted by atomic mass is 9.95. The number of hydrogen-bond donors (Lipinski definition) is 2. The van der Waals surface area contributed by atoms with Crippen molar-refractivity contribution in [2.45, 2.75) is 11.4 Å². The quantitative estimate of drug-likeness (QED) is 0.585. The number of rotatable bonds is 1. The van der Waals surface area contributed by atoms with E-state index >= 15 is 0 Å². The van der Waals surface area contributed by atoms with Gasteiger partial charge >= 0.3 is 0 Å². The molecule has 3 aromatic rings. The van der Waals surface area contributed by atoms with Gasteiger partial charge in [0.15, 0.2) is 5.11 Å². The first-order valence-electron chi connectivity index (χ1n) is 9.11. The monoisotopic (exact) mass is 419 g/mol. The fourth-order valence-corrected chi connectivity index (χ4v) is 5.26. The number of hydrogen-bond acceptors (Lipinski definition) is 4. The van der Waals surface area contributed by atoms with E-state index < -0.39 is 11.4 Å². The van der Waals surface area contributed by atoms with Gasteiger partial charge < -0.3 is 10.2 Å². The van der Waals surface area contributed by atoms with Gasteiger partial charge in [-0.25, -0.2) is 4.99 Å². The van der Waals surface area contributed by atoms with E-state index in [0.717, 1.165) is 0 Å². The van der Waals surface area contributed by atoms with Crippen LogP contribution < -0.4 is 9.80 Å². The number of aliphatic imine (C=N–C) groups is 1. The molecule has 6 rings (SSSR count). The summed E-state index contributed by atoms with van der Waals surface area (Å²) < 4.78 is 0. The molecule has 0 radical (unpaired) electrons. The Kier molecular flexibility index (Phi) is 3.21. The first-order valence-corrected chi connectivity index (χ1v) is 9.89. The molecule has 2 atom stereocenters. The molecular formula is C22H14ClN3O2S. The molecule has 1 aliphatic carbocycles. The van der Waals surface area contributed by atoms with Crippen molar-refractivity contribution in [3.8, 4) is 0 Å². The molecule has 7 heteroatoms. The van der Waals surface area contributed by atoms with Gasteiger partial charge in [0.25, 0.3) is 0 Å². The summed E-state index contributed by atoms with van der Waals surface area (Å²) in [7, 11) is 0. The number of nitrogens with zero attached hydrogens (tertiary/aromatic N) is 3. The van der Waals surface area contributed by atoms with Crippen molar-refractivity contribution >= 4 is 51.7 Å². The second kappa shape index (κ2) is 5.43. The molecule has 0 spiro atoms. The Morgan fingerprint density at radius 3 is 2.38 bits per heavy atom. The molecule has 3 aromatic carbocycles. The van der Waals surface area contributed by atoms with Crippen LogP contribution in [0.25, 0.3) is 0 Å². The number of fused-ring (bicyclic) bond motifs is 5. The van der Waals surface area contributed by atoms with E-state index in [1.165, 1.54) is 0 Å². The highest BCUT2D eigenvalue weighted by molar-refractivity contribution is 7.80. The van der Waals surface area contributed by atoms with E-state index in [4.69, 9.17) is 28.8 Å². The van der Waals surface area contributed by atoms with Gasteiger partial charge in [-0.1, -0.05) is 54.1 Å². The molecule has 5 nitrogen and oxygen atoms in total. The zero-order chi connectivity index (χ0) is 20.0. The van der Waals surface area contributed by atoms with Crippen molar-refractivity contribution in [3.05, 3.63) is 88.9 Å². The van der Waals surface area contributed by atoms with Crippen LogP contribution in [0.3, 0.4) is 0 Å². The van der Waals surface area contributed by atoms with E-state index in [1.807, 2.05) is 48.5 Å². The number of aliphatic hydroxyl groups is 2. The summed E-state index contributed by atoms with van der Waals surface area (Å²) in [6.45, 7) is 0. The Balaban J connectivity index is 1.75. The van der Waals surface area contributed by atoms with Gasteiger partial charge in [0.1, 0.15) is 5.71 Å². The minimum Gasteiger partial charge on any atom is -0.362 e. The van der Waals surface area contributed by atoms with Crippen molar-refractivity contribution in [2.24, 2.45) is 4.99 Å². The van der Waals surface area contributed by atoms with Crippen molar-refractivity contribution in [2.75, 3.05) is 9.80 Å². The van der Waals surface area contributed by atoms with E-state index in [1.54, 1.807) is 34.1 Å². The van der Waals surface area contributed by atoms with Gasteiger partial charge in [-0.15, -0.1) is 0 Å². The number of benzene rings is 3. The maximum Gasteiger partial charge on any atom is 0.243 e. The molecule has 29 heavy (non-hydrogen) atoms. The van der Waals surface area contributed by atoms with Gasteiger partial charge in [0, 0.05) is 21.8 Å². The molecule has 1 saturated heterocycles. The summed E-state index contributed by atoms with van der Waals surface area (Å²) in [5.74, 6) is 0. The number of thiocarbonyl (C=S) groups is 1. The average Bonchev–Trinajstić information content (AvgIpc) is 3.04. The molecule has 0 aromatic heterocycles. The SMILES string of the molecule is O[C@]12C3=Nc4ccc(Cl)cc4N1C(=S)N(c1ccccc1)[C@@]2(O)c1ccccc13. The minimum absolute atomic E-state index is 0.270. The molecule has 2 heterocycles. The molecule has 0 unspecified atom stereocenters. The molecule has 2 aliphatic heterocycles. The van der Waals surface area contributed by atoms with Gasteiger partial charge in [-0.3, -0.25) is 9.80 Å². The van der Waals surface area contributed by atoms with Gasteiger partial charge in [-0.2, -0.15) is 0 Å². The predicted octanol–water partition coefficient (Wildman–Crippen LogP) is 3.93. The van der Waals surface area contributed by atoms with E-state index in [2.05, 4.69) is 0 Å².